The van der Waals surface area contributed by atoms with Gasteiger partial charge in [-0.15, -0.1) is 0 Å². The molecule has 1 aromatic carbocycles. The molecule has 0 saturated carbocycles. The van der Waals surface area contributed by atoms with Crippen molar-refractivity contribution in [3.8, 4) is 5.75 Å². The number of benzene rings is 1. The Hall–Kier alpha value is -2.69. The summed E-state index contributed by atoms with van der Waals surface area (Å²) in [5.41, 5.74) is 1.03. The molecular formula is C17H19NO4. The van der Waals surface area contributed by atoms with Crippen LogP contribution in [0.3, 0.4) is 0 Å². The Morgan fingerprint density at radius 2 is 1.95 bits per heavy atom. The van der Waals surface area contributed by atoms with Gasteiger partial charge < -0.3 is 20.6 Å². The van der Waals surface area contributed by atoms with Crippen molar-refractivity contribution in [3.05, 3.63) is 65.7 Å². The topological polar surface area (TPSA) is 89.8 Å². The molecule has 0 fully saturated rings. The fraction of sp³-hybridized carbons (Fsp3) is 0.235. The monoisotopic (exact) mass is 301 g/mol. The second-order valence-corrected chi connectivity index (χ2v) is 5.13. The molecule has 0 heterocycles. The second-order valence-electron chi connectivity index (χ2n) is 5.13. The van der Waals surface area contributed by atoms with Crippen LogP contribution < -0.4 is 5.32 Å². The van der Waals surface area contributed by atoms with Crippen molar-refractivity contribution < 1.29 is 20.1 Å². The van der Waals surface area contributed by atoms with Crippen molar-refractivity contribution in [2.45, 2.75) is 12.8 Å². The summed E-state index contributed by atoms with van der Waals surface area (Å²) in [5, 5.41) is 30.6. The van der Waals surface area contributed by atoms with Gasteiger partial charge in [0.15, 0.2) is 5.76 Å². The van der Waals surface area contributed by atoms with Crippen LogP contribution in [0, 0.1) is 5.92 Å². The number of phenolic OH excluding ortho intramolecular Hbond substituents is 1. The summed E-state index contributed by atoms with van der Waals surface area (Å²) in [6.45, 7) is 0.500. The molecule has 22 heavy (non-hydrogen) atoms. The number of nitrogens with one attached hydrogen (secondary N) is 1. The number of aliphatic hydroxyl groups excluding tert-OH is 2. The zero-order chi connectivity index (χ0) is 15.9. The van der Waals surface area contributed by atoms with E-state index in [0.717, 1.165) is 5.56 Å². The first-order valence-corrected chi connectivity index (χ1v) is 7.08. The van der Waals surface area contributed by atoms with Gasteiger partial charge in [-0.3, -0.25) is 4.79 Å². The Labute approximate surface area is 128 Å². The average molecular weight is 301 g/mol. The maximum atomic E-state index is 11.7. The summed E-state index contributed by atoms with van der Waals surface area (Å²) in [7, 11) is 0. The van der Waals surface area contributed by atoms with E-state index >= 15 is 0 Å². The Morgan fingerprint density at radius 3 is 2.64 bits per heavy atom. The van der Waals surface area contributed by atoms with Gasteiger partial charge in [0.05, 0.1) is 0 Å². The smallest absolute Gasteiger partial charge is 0.243 e. The van der Waals surface area contributed by atoms with Crippen molar-refractivity contribution >= 4 is 5.91 Å². The van der Waals surface area contributed by atoms with Crippen molar-refractivity contribution in [1.82, 2.24) is 5.32 Å². The number of allylic oxidation sites excluding steroid dienone is 4. The molecule has 1 aromatic rings. The maximum Gasteiger partial charge on any atom is 0.243 e. The summed E-state index contributed by atoms with van der Waals surface area (Å²) >= 11 is 0. The van der Waals surface area contributed by atoms with Gasteiger partial charge >= 0.3 is 0 Å². The highest BCUT2D eigenvalue weighted by Crippen LogP contribution is 2.21. The van der Waals surface area contributed by atoms with E-state index < -0.39 is 0 Å². The summed E-state index contributed by atoms with van der Waals surface area (Å²) < 4.78 is 0. The number of hydrogen-bond donors (Lipinski definition) is 4. The summed E-state index contributed by atoms with van der Waals surface area (Å²) in [6.07, 6.45) is 7.25. The lowest BCUT2D eigenvalue weighted by atomic mass is 9.98. The number of hydrogen-bond acceptors (Lipinski definition) is 4. The highest BCUT2D eigenvalue weighted by molar-refractivity contribution is 5.87. The van der Waals surface area contributed by atoms with E-state index in [1.165, 1.54) is 12.2 Å². The molecule has 0 aliphatic heterocycles. The number of amides is 1. The van der Waals surface area contributed by atoms with Crippen LogP contribution in [0.4, 0.5) is 0 Å². The fourth-order valence-electron chi connectivity index (χ4n) is 2.10. The predicted octanol–water partition coefficient (Wildman–Crippen LogP) is 2.51. The van der Waals surface area contributed by atoms with Crippen molar-refractivity contribution in [2.75, 3.05) is 6.54 Å². The van der Waals surface area contributed by atoms with Crippen LogP contribution in [-0.2, 0) is 11.2 Å². The van der Waals surface area contributed by atoms with Gasteiger partial charge in [-0.1, -0.05) is 24.3 Å². The standard InChI is InChI=1S/C17H19NO4/c19-14-5-1-12(2-6-14)9-10-18-17(22)8-4-13-3-7-15(20)16(21)11-13/h1-8,13,19-21H,9-11H2,(H,18,22). The molecule has 116 valence electrons. The number of aliphatic hydroxyl groups is 2. The van der Waals surface area contributed by atoms with Crippen molar-refractivity contribution in [2.24, 2.45) is 5.92 Å². The molecule has 0 aromatic heterocycles. The van der Waals surface area contributed by atoms with Gasteiger partial charge in [-0.2, -0.15) is 0 Å². The summed E-state index contributed by atoms with van der Waals surface area (Å²) in [4.78, 5) is 11.7. The van der Waals surface area contributed by atoms with Crippen LogP contribution in [0.25, 0.3) is 0 Å². The third kappa shape index (κ3) is 4.70. The first kappa shape index (κ1) is 15.7. The van der Waals surface area contributed by atoms with Crippen molar-refractivity contribution in [1.29, 1.82) is 0 Å². The maximum absolute atomic E-state index is 11.7. The van der Waals surface area contributed by atoms with E-state index in [0.29, 0.717) is 19.4 Å². The lowest BCUT2D eigenvalue weighted by molar-refractivity contribution is -0.116. The lowest BCUT2D eigenvalue weighted by Crippen LogP contribution is -2.23. The van der Waals surface area contributed by atoms with Gasteiger partial charge in [0, 0.05) is 18.9 Å². The molecule has 4 N–H and O–H groups in total. The van der Waals surface area contributed by atoms with E-state index in [-0.39, 0.29) is 29.1 Å². The molecule has 1 unspecified atom stereocenters. The number of aromatic hydroxyl groups is 1. The number of carbonyl (C=O) groups is 1. The minimum absolute atomic E-state index is 0.0649. The normalized spacial score (nSPS) is 17.9. The Bertz CT molecular complexity index is 614. The van der Waals surface area contributed by atoms with E-state index in [2.05, 4.69) is 5.32 Å². The molecule has 5 nitrogen and oxygen atoms in total. The van der Waals surface area contributed by atoms with Crippen molar-refractivity contribution in [3.63, 3.8) is 0 Å². The van der Waals surface area contributed by atoms with E-state index in [4.69, 9.17) is 0 Å². The molecule has 0 radical (unpaired) electrons. The molecular weight excluding hydrogens is 282 g/mol. The minimum Gasteiger partial charge on any atom is -0.508 e. The third-order valence-corrected chi connectivity index (χ3v) is 3.37. The highest BCUT2D eigenvalue weighted by atomic mass is 16.3. The molecule has 0 bridgehead atoms. The zero-order valence-corrected chi connectivity index (χ0v) is 12.1. The fourth-order valence-corrected chi connectivity index (χ4v) is 2.10. The molecule has 2 rings (SSSR count). The number of phenols is 1. The van der Waals surface area contributed by atoms with Crippen LogP contribution in [0.1, 0.15) is 12.0 Å². The molecule has 1 amide bonds. The van der Waals surface area contributed by atoms with Gasteiger partial charge in [0.2, 0.25) is 5.91 Å². The quantitative estimate of drug-likeness (QED) is 0.629. The molecule has 1 aliphatic rings. The van der Waals surface area contributed by atoms with Gasteiger partial charge in [0.25, 0.3) is 0 Å². The summed E-state index contributed by atoms with van der Waals surface area (Å²) in [6, 6.07) is 6.85. The van der Waals surface area contributed by atoms with Gasteiger partial charge in [0.1, 0.15) is 11.5 Å². The van der Waals surface area contributed by atoms with Gasteiger partial charge in [-0.05, 0) is 36.3 Å². The lowest BCUT2D eigenvalue weighted by Gasteiger charge is -2.12. The van der Waals surface area contributed by atoms with Crippen LogP contribution in [0.15, 0.2) is 60.1 Å². The van der Waals surface area contributed by atoms with Crippen LogP contribution >= 0.6 is 0 Å². The van der Waals surface area contributed by atoms with E-state index in [1.54, 1.807) is 24.3 Å². The van der Waals surface area contributed by atoms with Crippen LogP contribution in [0.2, 0.25) is 0 Å². The Balaban J connectivity index is 1.73. The zero-order valence-electron chi connectivity index (χ0n) is 12.1. The van der Waals surface area contributed by atoms with Crippen LogP contribution in [-0.4, -0.2) is 27.8 Å². The molecule has 1 aliphatic carbocycles. The molecule has 5 heteroatoms. The largest absolute Gasteiger partial charge is 0.508 e. The minimum atomic E-state index is -0.203. The number of rotatable bonds is 5. The average Bonchev–Trinajstić information content (AvgIpc) is 2.50. The second kappa shape index (κ2) is 7.36. The third-order valence-electron chi connectivity index (χ3n) is 3.37. The van der Waals surface area contributed by atoms with Gasteiger partial charge in [-0.25, -0.2) is 0 Å². The first-order valence-electron chi connectivity index (χ1n) is 7.08. The Kier molecular flexibility index (Phi) is 5.25. The summed E-state index contributed by atoms with van der Waals surface area (Å²) in [5.74, 6) is -0.267. The van der Waals surface area contributed by atoms with E-state index in [9.17, 15) is 20.1 Å². The van der Waals surface area contributed by atoms with E-state index in [1.807, 2.05) is 12.1 Å². The molecule has 0 saturated heterocycles. The Morgan fingerprint density at radius 1 is 1.23 bits per heavy atom. The molecule has 0 spiro atoms. The molecule has 1 atom stereocenters. The predicted molar refractivity (Wildman–Crippen MR) is 83.5 cm³/mol. The SMILES string of the molecule is O=C(C=CC1C=CC(O)=C(O)C1)NCCc1ccc(O)cc1. The number of carbonyl (C=O) groups excluding carboxylic acids is 1. The highest BCUT2D eigenvalue weighted by Gasteiger charge is 2.12. The first-order chi connectivity index (χ1) is 10.5. The van der Waals surface area contributed by atoms with Crippen LogP contribution in [0.5, 0.6) is 5.75 Å².